The summed E-state index contributed by atoms with van der Waals surface area (Å²) in [4.78, 5) is 24.1. The van der Waals surface area contributed by atoms with Gasteiger partial charge in [-0.2, -0.15) is 5.26 Å². The first kappa shape index (κ1) is 20.9. The van der Waals surface area contributed by atoms with Crippen LogP contribution < -0.4 is 4.90 Å². The summed E-state index contributed by atoms with van der Waals surface area (Å²) in [7, 11) is 0. The number of carbonyl (C=O) groups excluding carboxylic acids is 1. The Morgan fingerprint density at radius 3 is 2.57 bits per heavy atom. The van der Waals surface area contributed by atoms with Crippen molar-refractivity contribution in [2.24, 2.45) is 5.92 Å². The minimum absolute atomic E-state index is 0.302. The summed E-state index contributed by atoms with van der Waals surface area (Å²) in [5.41, 5.74) is 1.39. The van der Waals surface area contributed by atoms with Crippen LogP contribution >= 0.6 is 11.6 Å². The van der Waals surface area contributed by atoms with Crippen molar-refractivity contribution in [1.29, 1.82) is 5.26 Å². The van der Waals surface area contributed by atoms with Gasteiger partial charge < -0.3 is 14.7 Å². The van der Waals surface area contributed by atoms with Crippen molar-refractivity contribution in [3.63, 3.8) is 0 Å². The van der Waals surface area contributed by atoms with E-state index in [1.807, 2.05) is 17.0 Å². The van der Waals surface area contributed by atoms with Crippen LogP contribution in [0.3, 0.4) is 0 Å². The zero-order chi connectivity index (χ0) is 21.1. The molecule has 2 fully saturated rings. The highest BCUT2D eigenvalue weighted by Crippen LogP contribution is 2.29. The van der Waals surface area contributed by atoms with Crippen LogP contribution in [0.25, 0.3) is 10.9 Å². The first-order chi connectivity index (χ1) is 14.6. The van der Waals surface area contributed by atoms with Crippen molar-refractivity contribution in [2.75, 3.05) is 50.7 Å². The van der Waals surface area contributed by atoms with Gasteiger partial charge in [0.15, 0.2) is 0 Å². The van der Waals surface area contributed by atoms with Gasteiger partial charge in [-0.1, -0.05) is 18.5 Å². The summed E-state index contributed by atoms with van der Waals surface area (Å²) in [5, 5.41) is 11.0. The number of aromatic nitrogens is 1. The van der Waals surface area contributed by atoms with Crippen LogP contribution in [0.2, 0.25) is 5.02 Å². The number of carbonyl (C=O) groups is 1. The monoisotopic (exact) mass is 425 g/mol. The van der Waals surface area contributed by atoms with Gasteiger partial charge in [-0.25, -0.2) is 4.98 Å². The number of fused-ring (bicyclic) bond motifs is 1. The fourth-order valence-electron chi connectivity index (χ4n) is 4.49. The van der Waals surface area contributed by atoms with Crippen molar-refractivity contribution >= 4 is 34.2 Å². The second-order valence-electron chi connectivity index (χ2n) is 8.25. The molecular weight excluding hydrogens is 398 g/mol. The minimum atomic E-state index is 0.302. The van der Waals surface area contributed by atoms with Crippen molar-refractivity contribution < 1.29 is 4.79 Å². The number of benzene rings is 1. The number of nitriles is 1. The Morgan fingerprint density at radius 1 is 1.17 bits per heavy atom. The predicted molar refractivity (Wildman–Crippen MR) is 120 cm³/mol. The standard InChI is InChI=1S/C23H28ClN5O/c1-2-27-9-11-29(12-10-27)23(30)13-17-5-7-28(8-6-17)22-14-18(16-25)20-15-19(24)3-4-21(20)26-22/h3-4,14-15,17H,2,5-13H2,1H3. The van der Waals surface area contributed by atoms with Gasteiger partial charge in [0.25, 0.3) is 0 Å². The molecule has 0 unspecified atom stereocenters. The summed E-state index contributed by atoms with van der Waals surface area (Å²) in [5.74, 6) is 1.56. The molecule has 2 saturated heterocycles. The highest BCUT2D eigenvalue weighted by atomic mass is 35.5. The lowest BCUT2D eigenvalue weighted by molar-refractivity contribution is -0.134. The fourth-order valence-corrected chi connectivity index (χ4v) is 4.67. The Balaban J connectivity index is 1.36. The molecule has 1 amide bonds. The number of amides is 1. The third-order valence-corrected chi connectivity index (χ3v) is 6.69. The van der Waals surface area contributed by atoms with Crippen LogP contribution in [0.4, 0.5) is 5.82 Å². The molecule has 3 heterocycles. The molecule has 2 aliphatic heterocycles. The van der Waals surface area contributed by atoms with Gasteiger partial charge in [-0.15, -0.1) is 0 Å². The van der Waals surface area contributed by atoms with Crippen LogP contribution in [0.5, 0.6) is 0 Å². The smallest absolute Gasteiger partial charge is 0.222 e. The topological polar surface area (TPSA) is 63.5 Å². The Hall–Kier alpha value is -2.36. The maximum atomic E-state index is 12.7. The number of rotatable bonds is 4. The molecule has 0 spiro atoms. The normalized spacial score (nSPS) is 18.6. The molecule has 1 aromatic carbocycles. The Bertz CT molecular complexity index is 956. The molecule has 2 aliphatic rings. The van der Waals surface area contributed by atoms with Gasteiger partial charge in [-0.05, 0) is 49.6 Å². The predicted octanol–water partition coefficient (Wildman–Crippen LogP) is 3.53. The highest BCUT2D eigenvalue weighted by Gasteiger charge is 2.26. The molecule has 0 radical (unpaired) electrons. The van der Waals surface area contributed by atoms with E-state index in [2.05, 4.69) is 22.8 Å². The molecule has 0 aliphatic carbocycles. The number of piperidine rings is 1. The Kier molecular flexibility index (Phi) is 6.40. The summed E-state index contributed by atoms with van der Waals surface area (Å²) < 4.78 is 0. The molecular formula is C23H28ClN5O. The molecule has 30 heavy (non-hydrogen) atoms. The van der Waals surface area contributed by atoms with Gasteiger partial charge in [-0.3, -0.25) is 4.79 Å². The van der Waals surface area contributed by atoms with E-state index in [0.717, 1.165) is 75.4 Å². The number of likely N-dealkylation sites (N-methyl/N-ethyl adjacent to an activating group) is 1. The molecule has 158 valence electrons. The van der Waals surface area contributed by atoms with Gasteiger partial charge >= 0.3 is 0 Å². The third kappa shape index (κ3) is 4.53. The van der Waals surface area contributed by atoms with Crippen molar-refractivity contribution in [2.45, 2.75) is 26.2 Å². The quantitative estimate of drug-likeness (QED) is 0.749. The van der Waals surface area contributed by atoms with Crippen LogP contribution in [0.1, 0.15) is 31.7 Å². The van der Waals surface area contributed by atoms with E-state index < -0.39 is 0 Å². The molecule has 6 nitrogen and oxygen atoms in total. The minimum Gasteiger partial charge on any atom is -0.357 e. The molecule has 1 aromatic heterocycles. The lowest BCUT2D eigenvalue weighted by atomic mass is 9.92. The lowest BCUT2D eigenvalue weighted by Gasteiger charge is -2.36. The average molecular weight is 426 g/mol. The van der Waals surface area contributed by atoms with Crippen LogP contribution in [-0.4, -0.2) is 66.5 Å². The number of hydrogen-bond acceptors (Lipinski definition) is 5. The van der Waals surface area contributed by atoms with Crippen molar-refractivity contribution in [3.8, 4) is 6.07 Å². The Labute approximate surface area is 183 Å². The summed E-state index contributed by atoms with van der Waals surface area (Å²) in [6.45, 7) is 8.63. The van der Waals surface area contributed by atoms with Crippen LogP contribution in [-0.2, 0) is 4.79 Å². The maximum absolute atomic E-state index is 12.7. The van der Waals surface area contributed by atoms with E-state index in [0.29, 0.717) is 28.8 Å². The summed E-state index contributed by atoms with van der Waals surface area (Å²) in [6, 6.07) is 9.60. The number of piperazine rings is 1. The average Bonchev–Trinajstić information content (AvgIpc) is 2.79. The zero-order valence-electron chi connectivity index (χ0n) is 17.5. The van der Waals surface area contributed by atoms with E-state index in [1.165, 1.54) is 0 Å². The van der Waals surface area contributed by atoms with E-state index in [-0.39, 0.29) is 0 Å². The lowest BCUT2D eigenvalue weighted by Crippen LogP contribution is -2.49. The SMILES string of the molecule is CCN1CCN(C(=O)CC2CCN(c3cc(C#N)c4cc(Cl)ccc4n3)CC2)CC1. The van der Waals surface area contributed by atoms with Crippen LogP contribution in [0.15, 0.2) is 24.3 Å². The first-order valence-corrected chi connectivity index (χ1v) is 11.2. The number of anilines is 1. The molecule has 0 bridgehead atoms. The maximum Gasteiger partial charge on any atom is 0.222 e. The molecule has 7 heteroatoms. The molecule has 4 rings (SSSR count). The first-order valence-electron chi connectivity index (χ1n) is 10.8. The van der Waals surface area contributed by atoms with E-state index in [4.69, 9.17) is 16.6 Å². The molecule has 0 saturated carbocycles. The van der Waals surface area contributed by atoms with E-state index >= 15 is 0 Å². The van der Waals surface area contributed by atoms with Gasteiger partial charge in [0.1, 0.15) is 5.82 Å². The largest absolute Gasteiger partial charge is 0.357 e. The second-order valence-corrected chi connectivity index (χ2v) is 8.69. The number of halogens is 1. The van der Waals surface area contributed by atoms with Crippen molar-refractivity contribution in [3.05, 3.63) is 34.9 Å². The number of pyridine rings is 1. The van der Waals surface area contributed by atoms with Crippen LogP contribution in [0, 0.1) is 17.2 Å². The van der Waals surface area contributed by atoms with Crippen molar-refractivity contribution in [1.82, 2.24) is 14.8 Å². The van der Waals surface area contributed by atoms with Gasteiger partial charge in [0.05, 0.1) is 17.1 Å². The number of hydrogen-bond donors (Lipinski definition) is 0. The molecule has 0 N–H and O–H groups in total. The number of nitrogens with zero attached hydrogens (tertiary/aromatic N) is 5. The van der Waals surface area contributed by atoms with Gasteiger partial charge in [0.2, 0.25) is 5.91 Å². The van der Waals surface area contributed by atoms with E-state index in [1.54, 1.807) is 12.1 Å². The third-order valence-electron chi connectivity index (χ3n) is 6.45. The zero-order valence-corrected chi connectivity index (χ0v) is 18.2. The summed E-state index contributed by atoms with van der Waals surface area (Å²) in [6.07, 6.45) is 2.60. The second kappa shape index (κ2) is 9.20. The molecule has 0 atom stereocenters. The fraction of sp³-hybridized carbons (Fsp3) is 0.522. The summed E-state index contributed by atoms with van der Waals surface area (Å²) >= 11 is 6.08. The van der Waals surface area contributed by atoms with E-state index in [9.17, 15) is 10.1 Å². The highest BCUT2D eigenvalue weighted by molar-refractivity contribution is 6.31. The molecule has 2 aromatic rings. The van der Waals surface area contributed by atoms with Gasteiger partial charge in [0, 0.05) is 56.1 Å². The Morgan fingerprint density at radius 2 is 1.90 bits per heavy atom.